The summed E-state index contributed by atoms with van der Waals surface area (Å²) in [6.45, 7) is 5.43. The van der Waals surface area contributed by atoms with Gasteiger partial charge in [-0.2, -0.15) is 18.2 Å². The van der Waals surface area contributed by atoms with Crippen molar-refractivity contribution in [3.8, 4) is 11.1 Å². The number of likely N-dealkylation sites (N-methyl/N-ethyl adjacent to an activating group) is 1. The van der Waals surface area contributed by atoms with Gasteiger partial charge in [-0.05, 0) is 82.7 Å². The maximum Gasteiger partial charge on any atom is 0.390 e. The first-order valence-corrected chi connectivity index (χ1v) is 17.0. The Morgan fingerprint density at radius 1 is 1.17 bits per heavy atom. The number of hydrogen-bond donors (Lipinski definition) is 1. The van der Waals surface area contributed by atoms with Crippen LogP contribution >= 0.6 is 0 Å². The molecule has 1 N–H and O–H groups in total. The van der Waals surface area contributed by atoms with Gasteiger partial charge in [0.15, 0.2) is 0 Å². The second-order valence-electron chi connectivity index (χ2n) is 12.3. The molecule has 46 heavy (non-hydrogen) atoms. The second kappa shape index (κ2) is 13.7. The zero-order valence-electron chi connectivity index (χ0n) is 25.9. The first-order chi connectivity index (χ1) is 21.7. The summed E-state index contributed by atoms with van der Waals surface area (Å²) in [5, 5.41) is 0.513. The van der Waals surface area contributed by atoms with Crippen molar-refractivity contribution in [2.45, 2.75) is 76.7 Å². The van der Waals surface area contributed by atoms with Gasteiger partial charge in [-0.25, -0.2) is 22.8 Å². The molecule has 5 rings (SSSR count). The van der Waals surface area contributed by atoms with E-state index in [-0.39, 0.29) is 23.1 Å². The fourth-order valence-corrected chi connectivity index (χ4v) is 6.96. The first kappa shape index (κ1) is 33.9. The van der Waals surface area contributed by atoms with Crippen molar-refractivity contribution < 1.29 is 30.7 Å². The fourth-order valence-electron chi connectivity index (χ4n) is 5.86. The average Bonchev–Trinajstić information content (AvgIpc) is 2.97. The number of anilines is 1. The second-order valence-corrected chi connectivity index (χ2v) is 14.2. The Kier molecular flexibility index (Phi) is 10.1. The smallest absolute Gasteiger partial charge is 0.377 e. The molecule has 2 aliphatic rings. The van der Waals surface area contributed by atoms with Crippen LogP contribution in [0.15, 0.2) is 40.2 Å². The summed E-state index contributed by atoms with van der Waals surface area (Å²) >= 11 is 0. The number of nitrogens with zero attached hydrogens (tertiary/aromatic N) is 5. The van der Waals surface area contributed by atoms with Crippen LogP contribution in [-0.4, -0.2) is 78.3 Å². The lowest BCUT2D eigenvalue weighted by molar-refractivity contribution is -0.129. The molecular formula is C31H38F4N6O4S. The lowest BCUT2D eigenvalue weighted by Crippen LogP contribution is -2.44. The maximum atomic E-state index is 15.0. The van der Waals surface area contributed by atoms with Crippen molar-refractivity contribution in [3.63, 3.8) is 0 Å². The van der Waals surface area contributed by atoms with E-state index in [1.165, 1.54) is 16.7 Å². The molecule has 1 aliphatic heterocycles. The van der Waals surface area contributed by atoms with Crippen LogP contribution in [0.1, 0.15) is 58.4 Å². The highest BCUT2D eigenvalue weighted by Gasteiger charge is 2.30. The molecule has 2 aromatic heterocycles. The maximum absolute atomic E-state index is 15.0. The van der Waals surface area contributed by atoms with Gasteiger partial charge < -0.3 is 9.64 Å². The van der Waals surface area contributed by atoms with Gasteiger partial charge in [0, 0.05) is 48.6 Å². The highest BCUT2D eigenvalue weighted by Crippen LogP contribution is 2.29. The molecule has 1 saturated carbocycles. The van der Waals surface area contributed by atoms with Gasteiger partial charge in [-0.3, -0.25) is 14.1 Å². The number of halogens is 4. The zero-order chi connectivity index (χ0) is 33.2. The van der Waals surface area contributed by atoms with Crippen molar-refractivity contribution in [2.24, 2.45) is 10.9 Å². The number of aliphatic imine (C=N–C) groups is 1. The van der Waals surface area contributed by atoms with Crippen molar-refractivity contribution in [1.82, 2.24) is 19.4 Å². The van der Waals surface area contributed by atoms with E-state index in [0.717, 1.165) is 57.4 Å². The predicted molar refractivity (Wildman–Crippen MR) is 169 cm³/mol. The minimum Gasteiger partial charge on any atom is -0.377 e. The van der Waals surface area contributed by atoms with Crippen LogP contribution in [0.5, 0.6) is 0 Å². The number of nitrogens with one attached hydrogen (secondary N) is 1. The summed E-state index contributed by atoms with van der Waals surface area (Å²) in [7, 11) is -2.30. The van der Waals surface area contributed by atoms with Crippen molar-refractivity contribution >= 4 is 38.9 Å². The molecule has 10 nitrogen and oxygen atoms in total. The van der Waals surface area contributed by atoms with E-state index in [9.17, 15) is 30.8 Å². The molecule has 0 radical (unpaired) electrons. The predicted octanol–water partition coefficient (Wildman–Crippen LogP) is 5.85. The van der Waals surface area contributed by atoms with E-state index in [1.54, 1.807) is 6.20 Å². The molecule has 1 saturated heterocycles. The van der Waals surface area contributed by atoms with Crippen LogP contribution in [0, 0.1) is 11.7 Å². The molecule has 1 aliphatic carbocycles. The van der Waals surface area contributed by atoms with Gasteiger partial charge in [-0.15, -0.1) is 0 Å². The Morgan fingerprint density at radius 3 is 2.50 bits per heavy atom. The summed E-state index contributed by atoms with van der Waals surface area (Å²) < 4.78 is 85.4. The quantitative estimate of drug-likeness (QED) is 0.201. The molecule has 250 valence electrons. The van der Waals surface area contributed by atoms with E-state index in [4.69, 9.17) is 4.74 Å². The molecule has 1 aromatic carbocycles. The Morgan fingerprint density at radius 2 is 1.89 bits per heavy atom. The lowest BCUT2D eigenvalue weighted by atomic mass is 9.86. The third kappa shape index (κ3) is 8.28. The highest BCUT2D eigenvalue weighted by molar-refractivity contribution is 7.92. The third-order valence-corrected chi connectivity index (χ3v) is 9.80. The molecule has 1 atom stereocenters. The van der Waals surface area contributed by atoms with Gasteiger partial charge in [0.1, 0.15) is 11.5 Å². The highest BCUT2D eigenvalue weighted by atomic mass is 32.2. The van der Waals surface area contributed by atoms with Crippen LogP contribution in [0.3, 0.4) is 0 Å². The monoisotopic (exact) mass is 666 g/mol. The first-order valence-electron chi connectivity index (χ1n) is 15.3. The summed E-state index contributed by atoms with van der Waals surface area (Å²) in [4.78, 5) is 29.5. The Balaban J connectivity index is 1.32. The van der Waals surface area contributed by atoms with E-state index in [2.05, 4.69) is 26.9 Å². The largest absolute Gasteiger partial charge is 0.390 e. The molecule has 0 bridgehead atoms. The molecule has 3 heterocycles. The summed E-state index contributed by atoms with van der Waals surface area (Å²) in [5.41, 5.74) is -0.337. The Labute approximate surface area is 264 Å². The number of alkyl halides is 3. The van der Waals surface area contributed by atoms with Gasteiger partial charge in [0.05, 0.1) is 24.0 Å². The number of hydrogen-bond acceptors (Lipinski definition) is 8. The van der Waals surface area contributed by atoms with Crippen LogP contribution in [-0.2, 0) is 14.8 Å². The fraction of sp³-hybridized carbons (Fsp3) is 0.548. The van der Waals surface area contributed by atoms with E-state index in [0.29, 0.717) is 29.1 Å². The topological polar surface area (TPSA) is 119 Å². The third-order valence-electron chi connectivity index (χ3n) is 8.53. The summed E-state index contributed by atoms with van der Waals surface area (Å²) in [5.74, 6) is -1.77. The van der Waals surface area contributed by atoms with Crippen LogP contribution in [0.4, 0.5) is 29.2 Å². The molecular weight excluding hydrogens is 628 g/mol. The summed E-state index contributed by atoms with van der Waals surface area (Å²) in [6.07, 6.45) is 2.81. The number of rotatable bonds is 11. The average molecular weight is 667 g/mol. The summed E-state index contributed by atoms with van der Waals surface area (Å²) in [6, 6.07) is 5.08. The van der Waals surface area contributed by atoms with Gasteiger partial charge in [-0.1, -0.05) is 6.07 Å². The molecule has 0 spiro atoms. The number of fused-ring (bicyclic) bond motifs is 1. The minimum absolute atomic E-state index is 0.122. The number of ether oxygens (including phenoxy) is 1. The molecule has 1 unspecified atom stereocenters. The Bertz CT molecular complexity index is 1750. The number of aromatic nitrogens is 3. The van der Waals surface area contributed by atoms with E-state index in [1.807, 2.05) is 24.8 Å². The van der Waals surface area contributed by atoms with Crippen molar-refractivity contribution in [3.05, 3.63) is 46.6 Å². The number of pyridine rings is 1. The van der Waals surface area contributed by atoms with Crippen molar-refractivity contribution in [2.75, 3.05) is 30.7 Å². The SMILES string of the molecule is CC(C)n1c(=O)c(-c2ccc(NS(=O)(=O)CCC(F)(F)F)c(F)c2)cc2cnc(N=CC3CCC(N(C)CC4CCO4)CC3)nc21. The number of benzene rings is 1. The van der Waals surface area contributed by atoms with Gasteiger partial charge in [0.25, 0.3) is 11.5 Å². The van der Waals surface area contributed by atoms with Gasteiger partial charge in [0.2, 0.25) is 10.0 Å². The standard InChI is InChI=1S/C31H38F4N6O4S/c1-19(2)41-28-22(17-37-30(38-28)36-16-20-4-7-23(8-5-20)40(3)18-24-10-12-45-24)14-25(29(41)42)21-6-9-27(26(32)15-21)39-46(43,44)13-11-31(33,34)35/h6,9,14-17,19-20,23-24,39H,4-5,7-8,10-13,18H2,1-3H3. The van der Waals surface area contributed by atoms with Crippen molar-refractivity contribution in [1.29, 1.82) is 0 Å². The molecule has 0 amide bonds. The normalized spacial score (nSPS) is 20.9. The number of sulfonamides is 1. The molecule has 15 heteroatoms. The van der Waals surface area contributed by atoms with Crippen LogP contribution < -0.4 is 10.3 Å². The van der Waals surface area contributed by atoms with Gasteiger partial charge >= 0.3 is 6.18 Å². The lowest BCUT2D eigenvalue weighted by Gasteiger charge is -2.37. The van der Waals surface area contributed by atoms with Crippen LogP contribution in [0.25, 0.3) is 22.2 Å². The Hall–Kier alpha value is -3.43. The van der Waals surface area contributed by atoms with Crippen LogP contribution in [0.2, 0.25) is 0 Å². The van der Waals surface area contributed by atoms with E-state index >= 15 is 0 Å². The van der Waals surface area contributed by atoms with E-state index < -0.39 is 45.4 Å². The molecule has 2 fully saturated rings. The minimum atomic E-state index is -4.68. The molecule has 3 aromatic rings. The zero-order valence-corrected chi connectivity index (χ0v) is 26.7.